The fraction of sp³-hybridized carbons (Fsp3) is 0.300. The Morgan fingerprint density at radius 3 is 2.60 bits per heavy atom. The van der Waals surface area contributed by atoms with Crippen LogP contribution in [0.15, 0.2) is 16.6 Å². The maximum absolute atomic E-state index is 11.7. The molecule has 0 atom stereocenters. The van der Waals surface area contributed by atoms with Crippen molar-refractivity contribution in [2.24, 2.45) is 0 Å². The minimum Gasteiger partial charge on any atom is -0.481 e. The van der Waals surface area contributed by atoms with Gasteiger partial charge in [-0.05, 0) is 28.9 Å². The minimum atomic E-state index is -3.89. The van der Waals surface area contributed by atoms with Gasteiger partial charge >= 0.3 is 5.97 Å². The Labute approximate surface area is 123 Å². The first-order valence-corrected chi connectivity index (χ1v) is 7.74. The highest BCUT2D eigenvalue weighted by atomic mass is 79.9. The van der Waals surface area contributed by atoms with Gasteiger partial charge in [-0.1, -0.05) is 0 Å². The zero-order chi connectivity index (χ0) is 15.5. The summed E-state index contributed by atoms with van der Waals surface area (Å²) in [4.78, 5) is 20.5. The maximum atomic E-state index is 11.7. The van der Waals surface area contributed by atoms with Crippen molar-refractivity contribution in [2.45, 2.75) is 13.3 Å². The van der Waals surface area contributed by atoms with Gasteiger partial charge in [0, 0.05) is 16.1 Å². The summed E-state index contributed by atoms with van der Waals surface area (Å²) < 4.78 is 25.8. The molecule has 0 fully saturated rings. The number of nitrogens with zero attached hydrogens (tertiary/aromatic N) is 1. The van der Waals surface area contributed by atoms with Gasteiger partial charge in [0.25, 0.3) is 5.69 Å². The lowest BCUT2D eigenvalue weighted by atomic mass is 10.2. The first-order valence-electron chi connectivity index (χ1n) is 5.29. The van der Waals surface area contributed by atoms with Crippen molar-refractivity contribution < 1.29 is 23.2 Å². The highest BCUT2D eigenvalue weighted by Crippen LogP contribution is 2.31. The van der Waals surface area contributed by atoms with Crippen LogP contribution < -0.4 is 4.72 Å². The van der Waals surface area contributed by atoms with E-state index < -0.39 is 33.1 Å². The van der Waals surface area contributed by atoms with E-state index in [0.29, 0.717) is 10.0 Å². The van der Waals surface area contributed by atoms with Gasteiger partial charge in [0.1, 0.15) is 0 Å². The predicted molar refractivity (Wildman–Crippen MR) is 75.2 cm³/mol. The second-order valence-electron chi connectivity index (χ2n) is 3.94. The summed E-state index contributed by atoms with van der Waals surface area (Å²) in [5, 5.41) is 19.3. The Bertz CT molecular complexity index is 658. The molecule has 0 amide bonds. The Morgan fingerprint density at radius 2 is 2.10 bits per heavy atom. The number of aryl methyl sites for hydroxylation is 1. The number of rotatable bonds is 6. The van der Waals surface area contributed by atoms with E-state index in [4.69, 9.17) is 5.11 Å². The van der Waals surface area contributed by atoms with Crippen LogP contribution in [0.4, 0.5) is 11.4 Å². The SMILES string of the molecule is Cc1cc(Br)c(NS(=O)(=O)CCC(=O)O)cc1[N+](=O)[O-]. The van der Waals surface area contributed by atoms with Crippen molar-refractivity contribution in [3.63, 3.8) is 0 Å². The van der Waals surface area contributed by atoms with Crippen LogP contribution >= 0.6 is 15.9 Å². The lowest BCUT2D eigenvalue weighted by Gasteiger charge is -2.10. The number of benzene rings is 1. The number of carbonyl (C=O) groups is 1. The van der Waals surface area contributed by atoms with E-state index in [1.807, 2.05) is 0 Å². The predicted octanol–water partition coefficient (Wildman–Crippen LogP) is 1.88. The molecule has 0 spiro atoms. The van der Waals surface area contributed by atoms with Crippen LogP contribution in [-0.4, -0.2) is 30.2 Å². The van der Waals surface area contributed by atoms with Crippen LogP contribution in [-0.2, 0) is 14.8 Å². The van der Waals surface area contributed by atoms with Gasteiger partial charge in [0.15, 0.2) is 0 Å². The molecule has 0 saturated heterocycles. The maximum Gasteiger partial charge on any atom is 0.304 e. The minimum absolute atomic E-state index is 0.00677. The number of sulfonamides is 1. The number of halogens is 1. The number of carboxylic acid groups (broad SMARTS) is 1. The summed E-state index contributed by atoms with van der Waals surface area (Å²) in [5.74, 6) is -1.86. The Hall–Kier alpha value is -1.68. The van der Waals surface area contributed by atoms with E-state index in [1.165, 1.54) is 13.0 Å². The van der Waals surface area contributed by atoms with E-state index in [2.05, 4.69) is 20.7 Å². The largest absolute Gasteiger partial charge is 0.481 e. The van der Waals surface area contributed by atoms with Crippen molar-refractivity contribution in [3.8, 4) is 0 Å². The fourth-order valence-corrected chi connectivity index (χ4v) is 3.11. The molecule has 0 aromatic heterocycles. The summed E-state index contributed by atoms with van der Waals surface area (Å²) >= 11 is 3.10. The normalized spacial score (nSPS) is 11.1. The van der Waals surface area contributed by atoms with E-state index in [9.17, 15) is 23.3 Å². The van der Waals surface area contributed by atoms with Gasteiger partial charge in [-0.15, -0.1) is 0 Å². The molecule has 20 heavy (non-hydrogen) atoms. The van der Waals surface area contributed by atoms with Crippen LogP contribution in [0.3, 0.4) is 0 Å². The Kier molecular flexibility index (Phi) is 5.06. The fourth-order valence-electron chi connectivity index (χ4n) is 1.38. The number of nitrogens with one attached hydrogen (secondary N) is 1. The number of hydrogen-bond acceptors (Lipinski definition) is 5. The van der Waals surface area contributed by atoms with Crippen molar-refractivity contribution >= 4 is 43.3 Å². The molecule has 1 aromatic rings. The lowest BCUT2D eigenvalue weighted by Crippen LogP contribution is -2.19. The zero-order valence-electron chi connectivity index (χ0n) is 10.3. The highest BCUT2D eigenvalue weighted by molar-refractivity contribution is 9.10. The lowest BCUT2D eigenvalue weighted by molar-refractivity contribution is -0.385. The zero-order valence-corrected chi connectivity index (χ0v) is 12.7. The number of hydrogen-bond donors (Lipinski definition) is 2. The number of nitro groups is 1. The second-order valence-corrected chi connectivity index (χ2v) is 6.64. The molecule has 0 unspecified atom stereocenters. The van der Waals surface area contributed by atoms with Gasteiger partial charge < -0.3 is 5.11 Å². The number of nitro benzene ring substituents is 1. The molecule has 8 nitrogen and oxygen atoms in total. The highest BCUT2D eigenvalue weighted by Gasteiger charge is 2.19. The van der Waals surface area contributed by atoms with Crippen LogP contribution in [0, 0.1) is 17.0 Å². The van der Waals surface area contributed by atoms with Crippen LogP contribution in [0.5, 0.6) is 0 Å². The monoisotopic (exact) mass is 366 g/mol. The standard InChI is InChI=1S/C10H11BrN2O6S/c1-6-4-7(11)8(5-9(6)13(16)17)12-20(18,19)3-2-10(14)15/h4-5,12H,2-3H2,1H3,(H,14,15). The van der Waals surface area contributed by atoms with Crippen LogP contribution in [0.2, 0.25) is 0 Å². The molecule has 0 aliphatic carbocycles. The van der Waals surface area contributed by atoms with Crippen LogP contribution in [0.25, 0.3) is 0 Å². The molecule has 0 radical (unpaired) electrons. The third-order valence-corrected chi connectivity index (χ3v) is 4.26. The average Bonchev–Trinajstić information content (AvgIpc) is 2.29. The molecule has 0 aliphatic rings. The van der Waals surface area contributed by atoms with Crippen molar-refractivity contribution in [3.05, 3.63) is 32.3 Å². The first kappa shape index (κ1) is 16.4. The number of aliphatic carboxylic acids is 1. The molecule has 0 heterocycles. The Morgan fingerprint density at radius 1 is 1.50 bits per heavy atom. The van der Waals surface area contributed by atoms with Gasteiger partial charge in [-0.25, -0.2) is 8.42 Å². The third kappa shape index (κ3) is 4.46. The summed E-state index contributed by atoms with van der Waals surface area (Å²) in [6.45, 7) is 1.52. The summed E-state index contributed by atoms with van der Waals surface area (Å²) in [5.41, 5.74) is 0.132. The van der Waals surface area contributed by atoms with E-state index in [-0.39, 0.29) is 11.4 Å². The summed E-state index contributed by atoms with van der Waals surface area (Å²) in [6.07, 6.45) is -0.555. The summed E-state index contributed by atoms with van der Waals surface area (Å²) in [7, 11) is -3.89. The molecule has 0 saturated carbocycles. The van der Waals surface area contributed by atoms with Crippen molar-refractivity contribution in [2.75, 3.05) is 10.5 Å². The molecular formula is C10H11BrN2O6S. The van der Waals surface area contributed by atoms with Gasteiger partial charge in [-0.3, -0.25) is 19.6 Å². The van der Waals surface area contributed by atoms with Crippen molar-refractivity contribution in [1.82, 2.24) is 0 Å². The van der Waals surface area contributed by atoms with E-state index >= 15 is 0 Å². The molecule has 110 valence electrons. The van der Waals surface area contributed by atoms with Crippen molar-refractivity contribution in [1.29, 1.82) is 0 Å². The number of anilines is 1. The molecule has 0 bridgehead atoms. The molecule has 2 N–H and O–H groups in total. The molecular weight excluding hydrogens is 356 g/mol. The Balaban J connectivity index is 3.06. The number of carboxylic acids is 1. The van der Waals surface area contributed by atoms with E-state index in [0.717, 1.165) is 6.07 Å². The average molecular weight is 367 g/mol. The van der Waals surface area contributed by atoms with E-state index in [1.54, 1.807) is 0 Å². The smallest absolute Gasteiger partial charge is 0.304 e. The second kappa shape index (κ2) is 6.18. The van der Waals surface area contributed by atoms with Crippen LogP contribution in [0.1, 0.15) is 12.0 Å². The quantitative estimate of drug-likeness (QED) is 0.584. The topological polar surface area (TPSA) is 127 Å². The molecule has 1 rings (SSSR count). The van der Waals surface area contributed by atoms with Gasteiger partial charge in [0.2, 0.25) is 10.0 Å². The first-order chi connectivity index (χ1) is 9.12. The molecule has 0 aliphatic heterocycles. The molecule has 10 heteroatoms. The molecule has 1 aromatic carbocycles. The van der Waals surface area contributed by atoms with Gasteiger partial charge in [0.05, 0.1) is 22.8 Å². The third-order valence-electron chi connectivity index (χ3n) is 2.33. The summed E-state index contributed by atoms with van der Waals surface area (Å²) in [6, 6.07) is 2.49. The van der Waals surface area contributed by atoms with Gasteiger partial charge in [-0.2, -0.15) is 0 Å².